The summed E-state index contributed by atoms with van der Waals surface area (Å²) in [5.41, 5.74) is -0.183. The maximum absolute atomic E-state index is 5.69. The Hall–Kier alpha value is -0.730. The van der Waals surface area contributed by atoms with Crippen molar-refractivity contribution in [3.8, 4) is 0 Å². The molecule has 0 bridgehead atoms. The normalized spacial score (nSPS) is 13.4. The molecule has 0 atom stereocenters. The van der Waals surface area contributed by atoms with E-state index in [0.717, 1.165) is 0 Å². The van der Waals surface area contributed by atoms with Gasteiger partial charge in [-0.05, 0) is 34.6 Å². The molecule has 0 aromatic rings. The number of hydrogen-bond acceptors (Lipinski definition) is 2. The van der Waals surface area contributed by atoms with Crippen LogP contribution in [0.2, 0.25) is 0 Å². The molecule has 0 saturated heterocycles. The van der Waals surface area contributed by atoms with Gasteiger partial charge in [-0.1, -0.05) is 0 Å². The first-order chi connectivity index (χ1) is 5.72. The van der Waals surface area contributed by atoms with Gasteiger partial charge in [0.2, 0.25) is 0 Å². The summed E-state index contributed by atoms with van der Waals surface area (Å²) >= 11 is 0. The SMILES string of the molecule is CC(C)N=C(OC(C)(C)C)N(C)C. The van der Waals surface area contributed by atoms with Gasteiger partial charge in [-0.25, -0.2) is 4.99 Å². The lowest BCUT2D eigenvalue weighted by molar-refractivity contribution is 0.0937. The summed E-state index contributed by atoms with van der Waals surface area (Å²) in [5, 5.41) is 0. The number of rotatable bonds is 1. The topological polar surface area (TPSA) is 24.8 Å². The summed E-state index contributed by atoms with van der Waals surface area (Å²) in [5.74, 6) is 0. The van der Waals surface area contributed by atoms with E-state index in [2.05, 4.69) is 4.99 Å². The fourth-order valence-corrected chi connectivity index (χ4v) is 0.728. The van der Waals surface area contributed by atoms with Crippen molar-refractivity contribution in [2.75, 3.05) is 14.1 Å². The molecule has 0 aliphatic rings. The van der Waals surface area contributed by atoms with Gasteiger partial charge in [-0.3, -0.25) is 0 Å². The lowest BCUT2D eigenvalue weighted by Gasteiger charge is -2.26. The minimum absolute atomic E-state index is 0.183. The van der Waals surface area contributed by atoms with Gasteiger partial charge < -0.3 is 9.64 Å². The minimum atomic E-state index is -0.183. The zero-order valence-corrected chi connectivity index (χ0v) is 9.88. The van der Waals surface area contributed by atoms with E-state index in [1.54, 1.807) is 0 Å². The smallest absolute Gasteiger partial charge is 0.287 e. The first-order valence-electron chi connectivity index (χ1n) is 4.66. The van der Waals surface area contributed by atoms with Crippen molar-refractivity contribution in [1.82, 2.24) is 4.90 Å². The summed E-state index contributed by atoms with van der Waals surface area (Å²) in [6.45, 7) is 10.1. The van der Waals surface area contributed by atoms with Gasteiger partial charge in [-0.15, -0.1) is 0 Å². The molecule has 0 fully saturated rings. The highest BCUT2D eigenvalue weighted by atomic mass is 16.5. The summed E-state index contributed by atoms with van der Waals surface area (Å²) in [6, 6.07) is 0.960. The Kier molecular flexibility index (Phi) is 4.24. The first-order valence-corrected chi connectivity index (χ1v) is 4.66. The van der Waals surface area contributed by atoms with Crippen LogP contribution in [-0.2, 0) is 4.74 Å². The van der Waals surface area contributed by atoms with Gasteiger partial charge in [0, 0.05) is 20.1 Å². The molecule has 0 radical (unpaired) electrons. The minimum Gasteiger partial charge on any atom is -0.459 e. The van der Waals surface area contributed by atoms with E-state index in [-0.39, 0.29) is 11.6 Å². The molecule has 0 heterocycles. The zero-order chi connectivity index (χ0) is 10.6. The average Bonchev–Trinajstić information content (AvgIpc) is 1.81. The maximum atomic E-state index is 5.69. The Bertz CT molecular complexity index is 178. The third-order valence-electron chi connectivity index (χ3n) is 1.15. The molecular formula is C10H22N2O. The lowest BCUT2D eigenvalue weighted by Crippen LogP contribution is -2.33. The van der Waals surface area contributed by atoms with E-state index in [4.69, 9.17) is 4.74 Å². The van der Waals surface area contributed by atoms with Crippen molar-refractivity contribution < 1.29 is 4.74 Å². The molecule has 13 heavy (non-hydrogen) atoms. The molecule has 0 unspecified atom stereocenters. The third kappa shape index (κ3) is 6.43. The maximum Gasteiger partial charge on any atom is 0.287 e. The van der Waals surface area contributed by atoms with Crippen LogP contribution in [0.4, 0.5) is 0 Å². The molecule has 0 rings (SSSR count). The van der Waals surface area contributed by atoms with E-state index in [1.807, 2.05) is 53.6 Å². The van der Waals surface area contributed by atoms with Gasteiger partial charge in [-0.2, -0.15) is 0 Å². The molecule has 0 aliphatic carbocycles. The van der Waals surface area contributed by atoms with Gasteiger partial charge in [0.25, 0.3) is 6.02 Å². The van der Waals surface area contributed by atoms with Gasteiger partial charge in [0.05, 0.1) is 0 Å². The van der Waals surface area contributed by atoms with Gasteiger partial charge in [0.15, 0.2) is 0 Å². The first kappa shape index (κ1) is 12.3. The third-order valence-corrected chi connectivity index (χ3v) is 1.15. The number of aliphatic imine (C=N–C) groups is 1. The highest BCUT2D eigenvalue weighted by molar-refractivity contribution is 5.73. The van der Waals surface area contributed by atoms with Crippen LogP contribution in [-0.4, -0.2) is 36.7 Å². The quantitative estimate of drug-likeness (QED) is 0.463. The monoisotopic (exact) mass is 186 g/mol. The van der Waals surface area contributed by atoms with Crippen LogP contribution in [0.15, 0.2) is 4.99 Å². The summed E-state index contributed by atoms with van der Waals surface area (Å²) in [4.78, 5) is 6.28. The molecule has 3 nitrogen and oxygen atoms in total. The van der Waals surface area contributed by atoms with Crippen molar-refractivity contribution in [3.63, 3.8) is 0 Å². The number of ether oxygens (including phenoxy) is 1. The van der Waals surface area contributed by atoms with Crippen molar-refractivity contribution in [1.29, 1.82) is 0 Å². The molecule has 0 aromatic heterocycles. The van der Waals surface area contributed by atoms with Crippen molar-refractivity contribution in [3.05, 3.63) is 0 Å². The fraction of sp³-hybridized carbons (Fsp3) is 0.900. The molecular weight excluding hydrogens is 164 g/mol. The Morgan fingerprint density at radius 2 is 1.69 bits per heavy atom. The highest BCUT2D eigenvalue weighted by Gasteiger charge is 2.16. The molecule has 0 aliphatic heterocycles. The molecule has 0 N–H and O–H groups in total. The van der Waals surface area contributed by atoms with Crippen molar-refractivity contribution >= 4 is 6.02 Å². The Morgan fingerprint density at radius 1 is 1.23 bits per heavy atom. The lowest BCUT2D eigenvalue weighted by atomic mass is 10.2. The van der Waals surface area contributed by atoms with Crippen LogP contribution >= 0.6 is 0 Å². The average molecular weight is 186 g/mol. The van der Waals surface area contributed by atoms with Crippen LogP contribution < -0.4 is 0 Å². The second-order valence-electron chi connectivity index (χ2n) is 4.61. The van der Waals surface area contributed by atoms with E-state index >= 15 is 0 Å². The molecule has 3 heteroatoms. The predicted molar refractivity (Wildman–Crippen MR) is 57.1 cm³/mol. The van der Waals surface area contributed by atoms with E-state index in [1.165, 1.54) is 0 Å². The van der Waals surface area contributed by atoms with Gasteiger partial charge in [0.1, 0.15) is 5.60 Å². The second kappa shape index (κ2) is 4.49. The summed E-state index contributed by atoms with van der Waals surface area (Å²) in [6.07, 6.45) is 0. The van der Waals surface area contributed by atoms with Crippen LogP contribution in [0.25, 0.3) is 0 Å². The predicted octanol–water partition coefficient (Wildman–Crippen LogP) is 2.13. The van der Waals surface area contributed by atoms with Gasteiger partial charge >= 0.3 is 0 Å². The van der Waals surface area contributed by atoms with Crippen LogP contribution in [0.1, 0.15) is 34.6 Å². The van der Waals surface area contributed by atoms with E-state index < -0.39 is 0 Å². The number of amidine groups is 1. The number of hydrogen-bond donors (Lipinski definition) is 0. The Labute approximate surface area is 81.8 Å². The zero-order valence-electron chi connectivity index (χ0n) is 9.88. The largest absolute Gasteiger partial charge is 0.459 e. The van der Waals surface area contributed by atoms with Crippen molar-refractivity contribution in [2.24, 2.45) is 4.99 Å². The van der Waals surface area contributed by atoms with Crippen molar-refractivity contribution in [2.45, 2.75) is 46.3 Å². The summed E-state index contributed by atoms with van der Waals surface area (Å²) in [7, 11) is 3.87. The molecule has 0 spiro atoms. The molecule has 0 amide bonds. The fourth-order valence-electron chi connectivity index (χ4n) is 0.728. The van der Waals surface area contributed by atoms with E-state index in [0.29, 0.717) is 6.02 Å². The van der Waals surface area contributed by atoms with E-state index in [9.17, 15) is 0 Å². The van der Waals surface area contributed by atoms with Crippen LogP contribution in [0.3, 0.4) is 0 Å². The van der Waals surface area contributed by atoms with Crippen LogP contribution in [0, 0.1) is 0 Å². The summed E-state index contributed by atoms with van der Waals surface area (Å²) < 4.78 is 5.69. The molecule has 78 valence electrons. The highest BCUT2D eigenvalue weighted by Crippen LogP contribution is 2.09. The Balaban J connectivity index is 4.46. The standard InChI is InChI=1S/C10H22N2O/c1-8(2)11-9(12(6)7)13-10(3,4)5/h8H,1-7H3. The number of nitrogens with zero attached hydrogens (tertiary/aromatic N) is 2. The Morgan fingerprint density at radius 3 is 1.92 bits per heavy atom. The molecule has 0 saturated carbocycles. The van der Waals surface area contributed by atoms with Crippen LogP contribution in [0.5, 0.6) is 0 Å². The molecule has 0 aromatic carbocycles. The second-order valence-corrected chi connectivity index (χ2v) is 4.61.